The van der Waals surface area contributed by atoms with Crippen LogP contribution in [-0.4, -0.2) is 40.1 Å². The Bertz CT molecular complexity index is 440. The first-order chi connectivity index (χ1) is 13.3. The smallest absolute Gasteiger partial charge is 0.316 e. The predicted octanol–water partition coefficient (Wildman–Crippen LogP) is 6.05. The maximum Gasteiger partial charge on any atom is 0.316 e. The molecule has 0 radical (unpaired) electrons. The van der Waals surface area contributed by atoms with Gasteiger partial charge in [-0.1, -0.05) is 69.3 Å². The first-order valence-corrected chi connectivity index (χ1v) is 11.6. The molecule has 6 nitrogen and oxygen atoms in total. The van der Waals surface area contributed by atoms with Gasteiger partial charge in [0.1, 0.15) is 5.33 Å². The summed E-state index contributed by atoms with van der Waals surface area (Å²) in [5, 5.41) is 17.8. The van der Waals surface area contributed by atoms with Crippen LogP contribution in [0, 0.1) is 10.8 Å². The van der Waals surface area contributed by atoms with E-state index >= 15 is 0 Å². The van der Waals surface area contributed by atoms with E-state index in [0.29, 0.717) is 11.9 Å². The van der Waals surface area contributed by atoms with Crippen LogP contribution in [0.5, 0.6) is 0 Å². The topological polar surface area (TPSA) is 101 Å². The van der Waals surface area contributed by atoms with Crippen molar-refractivity contribution in [1.29, 1.82) is 0 Å². The molecule has 0 aliphatic carbocycles. The van der Waals surface area contributed by atoms with E-state index in [9.17, 15) is 14.4 Å². The Morgan fingerprint density at radius 2 is 1.14 bits per heavy atom. The van der Waals surface area contributed by atoms with Gasteiger partial charge >= 0.3 is 17.9 Å². The molecule has 0 aliphatic heterocycles. The number of hydrogen-bond donors (Lipinski definition) is 2. The Kier molecular flexibility index (Phi) is 17.3. The summed E-state index contributed by atoms with van der Waals surface area (Å²) in [6, 6.07) is 0. The highest BCUT2D eigenvalue weighted by atomic mass is 79.9. The molecule has 0 spiro atoms. The number of alkyl halides is 1. The number of hydrogen-bond acceptors (Lipinski definition) is 4. The fourth-order valence-electron chi connectivity index (χ4n) is 2.90. The van der Waals surface area contributed by atoms with Gasteiger partial charge in [0.05, 0.1) is 6.61 Å². The van der Waals surface area contributed by atoms with E-state index in [1.165, 1.54) is 12.8 Å². The van der Waals surface area contributed by atoms with Gasteiger partial charge < -0.3 is 14.9 Å². The molecule has 0 saturated heterocycles. The van der Waals surface area contributed by atoms with E-state index < -0.39 is 11.9 Å². The van der Waals surface area contributed by atoms with Crippen molar-refractivity contribution in [1.82, 2.24) is 0 Å². The number of rotatable bonds is 15. The molecular weight excluding hydrogens is 440 g/mol. The van der Waals surface area contributed by atoms with Crippen LogP contribution >= 0.6 is 15.9 Å². The molecule has 0 fully saturated rings. The fraction of sp³-hybridized carbons (Fsp3) is 0.864. The van der Waals surface area contributed by atoms with Crippen LogP contribution in [0.1, 0.15) is 98.8 Å². The number of carboxylic acid groups (broad SMARTS) is 2. The highest BCUT2D eigenvalue weighted by molar-refractivity contribution is 9.09. The molecule has 7 heteroatoms. The van der Waals surface area contributed by atoms with Crippen LogP contribution < -0.4 is 0 Å². The second-order valence-corrected chi connectivity index (χ2v) is 9.53. The first kappa shape index (κ1) is 30.1. The van der Waals surface area contributed by atoms with Gasteiger partial charge in [-0.2, -0.15) is 0 Å². The summed E-state index contributed by atoms with van der Waals surface area (Å²) in [6.07, 6.45) is 8.76. The normalized spacial score (nSPS) is 11.4. The zero-order valence-corrected chi connectivity index (χ0v) is 20.5. The first-order valence-electron chi connectivity index (χ1n) is 10.5. The van der Waals surface area contributed by atoms with E-state index in [4.69, 9.17) is 10.2 Å². The zero-order valence-electron chi connectivity index (χ0n) is 18.9. The summed E-state index contributed by atoms with van der Waals surface area (Å²) in [5.41, 5.74) is 0.221. The summed E-state index contributed by atoms with van der Waals surface area (Å²) in [7, 11) is 0. The number of carbonyl (C=O) groups is 3. The molecule has 0 unspecified atom stereocenters. The molecule has 0 saturated carbocycles. The summed E-state index contributed by atoms with van der Waals surface area (Å²) in [5.74, 6) is -1.63. The molecule has 0 atom stereocenters. The van der Waals surface area contributed by atoms with Gasteiger partial charge in [-0.15, -0.1) is 0 Å². The molecule has 0 aromatic rings. The molecule has 0 heterocycles. The van der Waals surface area contributed by atoms with Gasteiger partial charge in [0.25, 0.3) is 0 Å². The van der Waals surface area contributed by atoms with Crippen LogP contribution in [0.3, 0.4) is 0 Å². The average molecular weight is 481 g/mol. The number of ether oxygens (including phenoxy) is 1. The lowest BCUT2D eigenvalue weighted by atomic mass is 9.81. The number of aliphatic carboxylic acids is 2. The molecule has 172 valence electrons. The number of esters is 1. The third kappa shape index (κ3) is 23.0. The van der Waals surface area contributed by atoms with E-state index in [1.807, 2.05) is 0 Å². The minimum absolute atomic E-state index is 0.110. The maximum atomic E-state index is 10.6. The monoisotopic (exact) mass is 480 g/mol. The molecule has 0 aromatic heterocycles. The van der Waals surface area contributed by atoms with Gasteiger partial charge in [0.15, 0.2) is 0 Å². The van der Waals surface area contributed by atoms with Crippen LogP contribution in [0.25, 0.3) is 0 Å². The number of carboxylic acids is 2. The predicted molar refractivity (Wildman–Crippen MR) is 119 cm³/mol. The lowest BCUT2D eigenvalue weighted by Gasteiger charge is -2.25. The van der Waals surface area contributed by atoms with Crippen molar-refractivity contribution in [3.05, 3.63) is 0 Å². The van der Waals surface area contributed by atoms with Crippen molar-refractivity contribution >= 4 is 33.8 Å². The van der Waals surface area contributed by atoms with Crippen molar-refractivity contribution in [3.8, 4) is 0 Å². The van der Waals surface area contributed by atoms with Crippen LogP contribution in [-0.2, 0) is 19.1 Å². The van der Waals surface area contributed by atoms with Crippen molar-refractivity contribution in [2.75, 3.05) is 11.9 Å². The Morgan fingerprint density at radius 1 is 0.759 bits per heavy atom. The summed E-state index contributed by atoms with van der Waals surface area (Å²) >= 11 is 2.94. The van der Waals surface area contributed by atoms with Crippen molar-refractivity contribution in [3.63, 3.8) is 0 Å². The number of carbonyl (C=O) groups excluding carboxylic acids is 1. The quantitative estimate of drug-likeness (QED) is 0.168. The van der Waals surface area contributed by atoms with Gasteiger partial charge in [-0.05, 0) is 43.4 Å². The number of unbranched alkanes of at least 4 members (excludes halogenated alkanes) is 3. The van der Waals surface area contributed by atoms with Gasteiger partial charge in [-0.3, -0.25) is 14.4 Å². The van der Waals surface area contributed by atoms with Gasteiger partial charge in [-0.25, -0.2) is 0 Å². The van der Waals surface area contributed by atoms with Crippen molar-refractivity contribution < 1.29 is 29.3 Å². The van der Waals surface area contributed by atoms with Crippen molar-refractivity contribution in [2.24, 2.45) is 10.8 Å². The standard InChI is InChI=1S/C18H34O4.C4H7BrO2/c1-17(2,13-9-15(19)20)11-7-5-6-8-12-18(3,4)14-10-16(21)22;1-2-7-4(6)3-5/h5-14H2,1-4H3,(H,19,20)(H,21,22);2-3H2,1H3. The molecule has 0 rings (SSSR count). The van der Waals surface area contributed by atoms with E-state index in [-0.39, 0.29) is 29.6 Å². The maximum absolute atomic E-state index is 10.6. The molecule has 29 heavy (non-hydrogen) atoms. The summed E-state index contributed by atoms with van der Waals surface area (Å²) in [6.45, 7) is 10.8. The Labute approximate surface area is 184 Å². The number of halogens is 1. The second kappa shape index (κ2) is 16.7. The minimum Gasteiger partial charge on any atom is -0.481 e. The summed E-state index contributed by atoms with van der Waals surface area (Å²) in [4.78, 5) is 31.4. The van der Waals surface area contributed by atoms with E-state index in [0.717, 1.165) is 38.5 Å². The fourth-order valence-corrected chi connectivity index (χ4v) is 3.06. The zero-order chi connectivity index (χ0) is 22.9. The molecular formula is C22H41BrO6. The molecule has 2 N–H and O–H groups in total. The van der Waals surface area contributed by atoms with Crippen LogP contribution in [0.15, 0.2) is 0 Å². The second-order valence-electron chi connectivity index (χ2n) is 8.97. The lowest BCUT2D eigenvalue weighted by molar-refractivity contribution is -0.140. The minimum atomic E-state index is -0.711. The highest BCUT2D eigenvalue weighted by Crippen LogP contribution is 2.31. The molecule has 0 bridgehead atoms. The Balaban J connectivity index is 0. The highest BCUT2D eigenvalue weighted by Gasteiger charge is 2.20. The SMILES string of the molecule is CC(C)(CCCCCCC(C)(C)CCC(=O)O)CCC(=O)O.CCOC(=O)CBr. The largest absolute Gasteiger partial charge is 0.481 e. The molecule has 0 aromatic carbocycles. The molecule has 0 aliphatic rings. The van der Waals surface area contributed by atoms with Crippen LogP contribution in [0.2, 0.25) is 0 Å². The van der Waals surface area contributed by atoms with Gasteiger partial charge in [0, 0.05) is 12.8 Å². The third-order valence-corrected chi connectivity index (χ3v) is 5.36. The van der Waals surface area contributed by atoms with E-state index in [2.05, 4.69) is 48.4 Å². The Morgan fingerprint density at radius 3 is 1.38 bits per heavy atom. The average Bonchev–Trinajstić information content (AvgIpc) is 2.62. The van der Waals surface area contributed by atoms with Crippen molar-refractivity contribution in [2.45, 2.75) is 98.8 Å². The van der Waals surface area contributed by atoms with Gasteiger partial charge in [0.2, 0.25) is 0 Å². The lowest BCUT2D eigenvalue weighted by Crippen LogP contribution is -2.14. The third-order valence-electron chi connectivity index (χ3n) is 4.90. The van der Waals surface area contributed by atoms with Crippen LogP contribution in [0.4, 0.5) is 0 Å². The van der Waals surface area contributed by atoms with E-state index in [1.54, 1.807) is 6.92 Å². The Hall–Kier alpha value is -1.11. The molecule has 0 amide bonds. The summed E-state index contributed by atoms with van der Waals surface area (Å²) < 4.78 is 4.51.